The summed E-state index contributed by atoms with van der Waals surface area (Å²) in [6.07, 6.45) is 0. The van der Waals surface area contributed by atoms with E-state index < -0.39 is 7.82 Å². The summed E-state index contributed by atoms with van der Waals surface area (Å²) in [5, 5.41) is 2.87. The highest BCUT2D eigenvalue weighted by Gasteiger charge is 2.41. The van der Waals surface area contributed by atoms with Crippen molar-refractivity contribution in [3.63, 3.8) is 0 Å². The summed E-state index contributed by atoms with van der Waals surface area (Å²) >= 11 is 0. The van der Waals surface area contributed by atoms with Crippen LogP contribution in [0.25, 0.3) is 32.7 Å². The highest BCUT2D eigenvalue weighted by molar-refractivity contribution is 7.48. The van der Waals surface area contributed by atoms with Crippen molar-refractivity contribution in [3.8, 4) is 22.6 Å². The Morgan fingerprint density at radius 3 is 1.28 bits per heavy atom. The van der Waals surface area contributed by atoms with Crippen LogP contribution in [0, 0.1) is 0 Å². The Balaban J connectivity index is 1.30. The van der Waals surface area contributed by atoms with Crippen LogP contribution in [0.5, 0.6) is 11.5 Å². The van der Waals surface area contributed by atoms with E-state index in [4.69, 9.17) is 9.05 Å². The molecule has 0 aliphatic carbocycles. The van der Waals surface area contributed by atoms with E-state index >= 15 is 0 Å². The average molecular weight is 639 g/mol. The molecule has 3 aliphatic rings. The zero-order valence-corrected chi connectivity index (χ0v) is 25.9. The number of carbonyl (C=O) groups excluding carboxylic acids is 2. The van der Waals surface area contributed by atoms with Crippen LogP contribution in [0.15, 0.2) is 109 Å². The lowest BCUT2D eigenvalue weighted by Gasteiger charge is -2.21. The van der Waals surface area contributed by atoms with Gasteiger partial charge in [0.1, 0.15) is 0 Å². The maximum Gasteiger partial charge on any atom is 0.584 e. The van der Waals surface area contributed by atoms with Crippen LogP contribution in [-0.2, 0) is 30.7 Å². The quantitative estimate of drug-likeness (QED) is 0.194. The molecule has 6 aromatic carbocycles. The van der Waals surface area contributed by atoms with Crippen molar-refractivity contribution in [2.75, 3.05) is 0 Å². The largest absolute Gasteiger partial charge is 0.584 e. The molecule has 0 saturated carbocycles. The summed E-state index contributed by atoms with van der Waals surface area (Å²) in [5.41, 5.74) is 5.35. The fourth-order valence-corrected chi connectivity index (χ4v) is 8.08. The van der Waals surface area contributed by atoms with Crippen molar-refractivity contribution < 1.29 is 28.1 Å². The number of phosphoric acid groups is 1. The van der Waals surface area contributed by atoms with E-state index in [-0.39, 0.29) is 34.4 Å². The van der Waals surface area contributed by atoms with Gasteiger partial charge in [-0.05, 0) is 55.9 Å². The monoisotopic (exact) mass is 638 g/mol. The number of fused-ring (bicyclic) bond motifs is 9. The summed E-state index contributed by atoms with van der Waals surface area (Å²) in [5.74, 6) is -0.758. The number of carbonyl (C=O) groups is 2. The minimum absolute atomic E-state index is 0.0439. The summed E-state index contributed by atoms with van der Waals surface area (Å²) in [6.45, 7) is 1.61. The molecule has 1 N–H and O–H groups in total. The standard InChI is InChI=1S/C38H27N2O6P/c41-37(39-19-25-11-1-2-12-26(25)20-39)31-17-23-9-5-7-15-29(23)33-34-30-16-8-6-10-24(30)18-32(36(34)46-47(43,44)45-35(31)33)38(42)40-21-27-13-3-4-14-28(27)22-40/h1-18H,19-22H2,(H,43,44). The van der Waals surface area contributed by atoms with Crippen LogP contribution in [0.1, 0.15) is 43.0 Å². The first-order valence-electron chi connectivity index (χ1n) is 15.4. The van der Waals surface area contributed by atoms with Gasteiger partial charge in [-0.2, -0.15) is 0 Å². The maximum absolute atomic E-state index is 14.4. The van der Waals surface area contributed by atoms with Crippen LogP contribution in [0.4, 0.5) is 0 Å². The average Bonchev–Trinajstić information content (AvgIpc) is 3.69. The molecule has 6 aromatic rings. The van der Waals surface area contributed by atoms with E-state index in [1.807, 2.05) is 97.1 Å². The van der Waals surface area contributed by atoms with E-state index in [1.165, 1.54) is 0 Å². The number of benzene rings is 6. The highest BCUT2D eigenvalue weighted by Crippen LogP contribution is 2.59. The second-order valence-corrected chi connectivity index (χ2v) is 13.5. The van der Waals surface area contributed by atoms with Crippen molar-refractivity contribution in [1.82, 2.24) is 9.80 Å². The minimum Gasteiger partial charge on any atom is -0.394 e. The fraction of sp³-hybridized carbons (Fsp3) is 0.105. The molecule has 0 atom stereocenters. The lowest BCUT2D eigenvalue weighted by Crippen LogP contribution is -2.26. The lowest BCUT2D eigenvalue weighted by molar-refractivity contribution is 0.0743. The molecule has 47 heavy (non-hydrogen) atoms. The molecule has 3 aliphatic heterocycles. The number of amides is 2. The minimum atomic E-state index is -4.91. The van der Waals surface area contributed by atoms with Gasteiger partial charge in [-0.15, -0.1) is 0 Å². The van der Waals surface area contributed by atoms with Crippen molar-refractivity contribution in [2.24, 2.45) is 0 Å². The van der Waals surface area contributed by atoms with Gasteiger partial charge in [-0.1, -0.05) is 97.1 Å². The number of phosphoric ester groups is 1. The first-order chi connectivity index (χ1) is 22.8. The molecule has 0 saturated heterocycles. The Hall–Kier alpha value is -5.43. The predicted molar refractivity (Wildman–Crippen MR) is 178 cm³/mol. The smallest absolute Gasteiger partial charge is 0.394 e. The SMILES string of the molecule is O=C(c1cc2ccccc2c2c1OP(=O)(O)Oc1c(C(=O)N3Cc4ccccc4C3)cc3ccccc3c1-2)N1Cc2ccccc2C1. The second-order valence-electron chi connectivity index (χ2n) is 12.2. The molecule has 230 valence electrons. The summed E-state index contributed by atoms with van der Waals surface area (Å²) in [6, 6.07) is 34.2. The summed E-state index contributed by atoms with van der Waals surface area (Å²) in [4.78, 5) is 43.4. The first-order valence-corrected chi connectivity index (χ1v) is 16.9. The molecule has 2 amide bonds. The van der Waals surface area contributed by atoms with Crippen LogP contribution in [0.2, 0.25) is 0 Å². The van der Waals surface area contributed by atoms with Gasteiger partial charge in [-0.3, -0.25) is 14.5 Å². The molecule has 9 rings (SSSR count). The third kappa shape index (κ3) is 4.44. The van der Waals surface area contributed by atoms with Gasteiger partial charge in [-0.25, -0.2) is 4.57 Å². The third-order valence-corrected chi connectivity index (χ3v) is 10.2. The van der Waals surface area contributed by atoms with Gasteiger partial charge in [0.15, 0.2) is 11.5 Å². The van der Waals surface area contributed by atoms with E-state index in [9.17, 15) is 19.0 Å². The van der Waals surface area contributed by atoms with Crippen molar-refractivity contribution in [3.05, 3.63) is 143 Å². The van der Waals surface area contributed by atoms with E-state index in [0.29, 0.717) is 48.1 Å². The number of hydrogen-bond acceptors (Lipinski definition) is 5. The summed E-state index contributed by atoms with van der Waals surface area (Å²) < 4.78 is 25.7. The molecule has 0 radical (unpaired) electrons. The van der Waals surface area contributed by atoms with Gasteiger partial charge in [0.2, 0.25) is 0 Å². The van der Waals surface area contributed by atoms with Crippen LogP contribution < -0.4 is 9.05 Å². The third-order valence-electron chi connectivity index (χ3n) is 9.38. The number of hydrogen-bond donors (Lipinski definition) is 1. The zero-order valence-electron chi connectivity index (χ0n) is 25.1. The zero-order chi connectivity index (χ0) is 31.9. The molecule has 8 nitrogen and oxygen atoms in total. The molecule has 0 unspecified atom stereocenters. The Morgan fingerprint density at radius 2 is 0.894 bits per heavy atom. The first kappa shape index (κ1) is 27.8. The van der Waals surface area contributed by atoms with Gasteiger partial charge in [0.05, 0.1) is 11.1 Å². The maximum atomic E-state index is 14.4. The Morgan fingerprint density at radius 1 is 0.553 bits per heavy atom. The Bertz CT molecular complexity index is 2170. The van der Waals surface area contributed by atoms with Crippen LogP contribution >= 0.6 is 7.82 Å². The number of rotatable bonds is 2. The molecule has 0 bridgehead atoms. The van der Waals surface area contributed by atoms with Gasteiger partial charge in [0, 0.05) is 37.3 Å². The molecule has 0 aromatic heterocycles. The molecule has 9 heteroatoms. The van der Waals surface area contributed by atoms with Crippen LogP contribution in [-0.4, -0.2) is 26.5 Å². The summed E-state index contributed by atoms with van der Waals surface area (Å²) in [7, 11) is -4.91. The molecule has 3 heterocycles. The Labute approximate surface area is 270 Å². The number of nitrogens with zero attached hydrogens (tertiary/aromatic N) is 2. The fourth-order valence-electron chi connectivity index (χ4n) is 7.20. The van der Waals surface area contributed by atoms with Gasteiger partial charge in [0.25, 0.3) is 11.8 Å². The molecule has 0 fully saturated rings. The van der Waals surface area contributed by atoms with E-state index in [2.05, 4.69) is 0 Å². The van der Waals surface area contributed by atoms with Crippen molar-refractivity contribution >= 4 is 41.2 Å². The highest BCUT2D eigenvalue weighted by atomic mass is 31.2. The van der Waals surface area contributed by atoms with E-state index in [1.54, 1.807) is 21.9 Å². The molecular weight excluding hydrogens is 611 g/mol. The molecular formula is C38H27N2O6P. The normalized spacial score (nSPS) is 15.7. The van der Waals surface area contributed by atoms with Gasteiger partial charge < -0.3 is 18.8 Å². The van der Waals surface area contributed by atoms with Gasteiger partial charge >= 0.3 is 7.82 Å². The van der Waals surface area contributed by atoms with Crippen LogP contribution in [0.3, 0.4) is 0 Å². The molecule has 0 spiro atoms. The second kappa shape index (κ2) is 10.3. The van der Waals surface area contributed by atoms with E-state index in [0.717, 1.165) is 33.0 Å². The Kier molecular flexibility index (Phi) is 6.10. The van der Waals surface area contributed by atoms with Crippen molar-refractivity contribution in [2.45, 2.75) is 26.2 Å². The topological polar surface area (TPSA) is 96.4 Å². The lowest BCUT2D eigenvalue weighted by atomic mass is 9.88. The van der Waals surface area contributed by atoms with Crippen molar-refractivity contribution in [1.29, 1.82) is 0 Å². The predicted octanol–water partition coefficient (Wildman–Crippen LogP) is 7.84.